The molecule has 4 N–H and O–H groups in total. The van der Waals surface area contributed by atoms with Crippen molar-refractivity contribution in [1.82, 2.24) is 20.0 Å². The monoisotopic (exact) mass is 576 g/mol. The van der Waals surface area contributed by atoms with Crippen LogP contribution in [-0.2, 0) is 17.3 Å². The first-order valence-corrected chi connectivity index (χ1v) is 13.9. The molecule has 5 rings (SSSR count). The molecule has 1 aromatic carbocycles. The van der Waals surface area contributed by atoms with E-state index in [4.69, 9.17) is 10.5 Å². The second kappa shape index (κ2) is 11.0. The van der Waals surface area contributed by atoms with Gasteiger partial charge in [0.05, 0.1) is 22.5 Å². The second-order valence-corrected chi connectivity index (χ2v) is 11.9. The maximum absolute atomic E-state index is 13.9. The molecule has 10 nitrogen and oxygen atoms in total. The number of hydrogen-bond donors (Lipinski definition) is 3. The van der Waals surface area contributed by atoms with E-state index in [1.165, 1.54) is 16.8 Å². The van der Waals surface area contributed by atoms with Gasteiger partial charge in [-0.2, -0.15) is 18.3 Å². The van der Waals surface area contributed by atoms with Crippen LogP contribution in [0.2, 0.25) is 0 Å². The maximum Gasteiger partial charge on any atom is 0.435 e. The van der Waals surface area contributed by atoms with E-state index in [0.717, 1.165) is 13.1 Å². The van der Waals surface area contributed by atoms with Gasteiger partial charge in [-0.05, 0) is 55.7 Å². The summed E-state index contributed by atoms with van der Waals surface area (Å²) in [5.41, 5.74) is 4.54. The van der Waals surface area contributed by atoms with Crippen LogP contribution in [0.3, 0.4) is 0 Å². The predicted octanol–water partition coefficient (Wildman–Crippen LogP) is 3.91. The summed E-state index contributed by atoms with van der Waals surface area (Å²) in [7, 11) is 0. The van der Waals surface area contributed by atoms with Crippen molar-refractivity contribution >= 4 is 23.5 Å². The summed E-state index contributed by atoms with van der Waals surface area (Å²) in [5.74, 6) is -1.27. The molecule has 1 saturated carbocycles. The molecule has 1 saturated heterocycles. The van der Waals surface area contributed by atoms with E-state index in [2.05, 4.69) is 15.7 Å². The quantitative estimate of drug-likeness (QED) is 0.492. The lowest BCUT2D eigenvalue weighted by Crippen LogP contribution is -2.47. The number of nitrogens with two attached hydrogens (primary N) is 1. The van der Waals surface area contributed by atoms with Crippen molar-refractivity contribution in [1.29, 1.82) is 0 Å². The van der Waals surface area contributed by atoms with Crippen molar-refractivity contribution in [3.05, 3.63) is 40.7 Å². The van der Waals surface area contributed by atoms with Gasteiger partial charge in [0.2, 0.25) is 0 Å². The van der Waals surface area contributed by atoms with Crippen LogP contribution in [0.4, 0.5) is 23.7 Å². The maximum atomic E-state index is 13.9. The Hall–Kier alpha value is -3.61. The lowest BCUT2D eigenvalue weighted by atomic mass is 9.75. The Morgan fingerprint density at radius 1 is 1.12 bits per heavy atom. The normalized spacial score (nSPS) is 22.7. The summed E-state index contributed by atoms with van der Waals surface area (Å²) < 4.78 is 48.6. The molecule has 0 radical (unpaired) electrons. The topological polar surface area (TPSA) is 132 Å². The van der Waals surface area contributed by atoms with E-state index in [0.29, 0.717) is 44.5 Å². The highest BCUT2D eigenvalue weighted by Gasteiger charge is 2.45. The fourth-order valence-corrected chi connectivity index (χ4v) is 5.97. The molecule has 2 fully saturated rings. The van der Waals surface area contributed by atoms with Crippen LogP contribution in [0.25, 0.3) is 5.69 Å². The number of ether oxygens (including phenoxy) is 1. The van der Waals surface area contributed by atoms with Crippen molar-refractivity contribution in [2.45, 2.75) is 70.7 Å². The molecule has 1 aliphatic heterocycles. The molecule has 2 aromatic rings. The van der Waals surface area contributed by atoms with Gasteiger partial charge in [-0.15, -0.1) is 0 Å². The smallest absolute Gasteiger partial charge is 0.435 e. The van der Waals surface area contributed by atoms with E-state index < -0.39 is 29.0 Å². The summed E-state index contributed by atoms with van der Waals surface area (Å²) in [6.45, 7) is 6.35. The molecule has 0 spiro atoms. The Labute approximate surface area is 235 Å². The van der Waals surface area contributed by atoms with Crippen molar-refractivity contribution in [3.63, 3.8) is 0 Å². The van der Waals surface area contributed by atoms with Gasteiger partial charge in [-0.1, -0.05) is 13.8 Å². The number of piperazine rings is 1. The fourth-order valence-electron chi connectivity index (χ4n) is 5.97. The van der Waals surface area contributed by atoms with E-state index in [-0.39, 0.29) is 53.6 Å². The third kappa shape index (κ3) is 6.19. The van der Waals surface area contributed by atoms with Crippen molar-refractivity contribution in [3.8, 4) is 5.69 Å². The van der Waals surface area contributed by atoms with E-state index >= 15 is 0 Å². The number of fused-ring (bicyclic) bond motifs is 1. The zero-order valence-corrected chi connectivity index (χ0v) is 23.1. The number of alkyl halides is 3. The van der Waals surface area contributed by atoms with Gasteiger partial charge in [-0.25, -0.2) is 9.48 Å². The van der Waals surface area contributed by atoms with Crippen LogP contribution < -0.4 is 16.4 Å². The van der Waals surface area contributed by atoms with Gasteiger partial charge in [0.25, 0.3) is 5.91 Å². The van der Waals surface area contributed by atoms with E-state index in [1.807, 2.05) is 13.8 Å². The molecule has 0 unspecified atom stereocenters. The van der Waals surface area contributed by atoms with Gasteiger partial charge < -0.3 is 26.0 Å². The zero-order valence-electron chi connectivity index (χ0n) is 23.1. The minimum absolute atomic E-state index is 0.00455. The number of carbonyl (C=O) groups is 3. The molecule has 222 valence electrons. The van der Waals surface area contributed by atoms with Crippen LogP contribution >= 0.6 is 0 Å². The summed E-state index contributed by atoms with van der Waals surface area (Å²) in [6, 6.07) is 4.42. The Morgan fingerprint density at radius 2 is 1.80 bits per heavy atom. The highest BCUT2D eigenvalue weighted by atomic mass is 19.4. The number of carbonyl (C=O) groups excluding carboxylic acids is 3. The number of amides is 2. The molecule has 2 amide bonds. The summed E-state index contributed by atoms with van der Waals surface area (Å²) in [5, 5.41) is 10.4. The molecule has 2 heterocycles. The molecule has 1 aromatic heterocycles. The van der Waals surface area contributed by atoms with Crippen LogP contribution in [-0.4, -0.2) is 70.8 Å². The Kier molecular flexibility index (Phi) is 7.75. The van der Waals surface area contributed by atoms with E-state index in [1.54, 1.807) is 11.0 Å². The number of rotatable bonds is 5. The van der Waals surface area contributed by atoms with Crippen molar-refractivity contribution in [2.24, 2.45) is 11.1 Å². The number of hydrogen-bond acceptors (Lipinski definition) is 7. The Bertz CT molecular complexity index is 1340. The third-order valence-corrected chi connectivity index (χ3v) is 8.00. The minimum atomic E-state index is -4.80. The number of nitrogens with zero attached hydrogens (tertiary/aromatic N) is 3. The van der Waals surface area contributed by atoms with Crippen LogP contribution in [0, 0.1) is 5.41 Å². The molecule has 13 heteroatoms. The number of halogens is 3. The van der Waals surface area contributed by atoms with Crippen LogP contribution in [0.15, 0.2) is 18.2 Å². The minimum Gasteiger partial charge on any atom is -0.446 e. The van der Waals surface area contributed by atoms with Gasteiger partial charge >= 0.3 is 12.3 Å². The number of aromatic nitrogens is 2. The van der Waals surface area contributed by atoms with Gasteiger partial charge in [0, 0.05) is 44.3 Å². The molecular weight excluding hydrogens is 541 g/mol. The van der Waals surface area contributed by atoms with Gasteiger partial charge in [0.1, 0.15) is 6.10 Å². The third-order valence-electron chi connectivity index (χ3n) is 8.00. The Balaban J connectivity index is 1.36. The number of Topliss-reactive ketones (excluding diaryl/α,β-unsaturated/α-hetero) is 1. The van der Waals surface area contributed by atoms with Crippen LogP contribution in [0.1, 0.15) is 78.1 Å². The van der Waals surface area contributed by atoms with Gasteiger partial charge in [-0.3, -0.25) is 9.59 Å². The average molecular weight is 577 g/mol. The molecule has 3 aliphatic rings. The average Bonchev–Trinajstić information content (AvgIpc) is 3.29. The molecule has 2 aliphatic carbocycles. The first-order valence-electron chi connectivity index (χ1n) is 13.9. The first kappa shape index (κ1) is 28.9. The summed E-state index contributed by atoms with van der Waals surface area (Å²) >= 11 is 0. The lowest BCUT2D eigenvalue weighted by molar-refractivity contribution is -0.141. The second-order valence-electron chi connectivity index (χ2n) is 11.9. The van der Waals surface area contributed by atoms with Crippen molar-refractivity contribution < 1.29 is 32.3 Å². The molecule has 41 heavy (non-hydrogen) atoms. The predicted molar refractivity (Wildman–Crippen MR) is 144 cm³/mol. The van der Waals surface area contributed by atoms with Gasteiger partial charge in [0.15, 0.2) is 11.5 Å². The lowest BCUT2D eigenvalue weighted by Gasteiger charge is -2.33. The number of ketones is 1. The SMILES string of the molecule is CC1(C)CC(=O)c2c(C(F)(F)F)nn(-c3ccc(C(N)=O)c(N[C@H]4CC[C@H](OC(=O)N5CCNCC5)CC4)c3)c2C1. The number of anilines is 1. The number of primary amides is 1. The van der Waals surface area contributed by atoms with E-state index in [9.17, 15) is 27.6 Å². The largest absolute Gasteiger partial charge is 0.446 e. The first-order chi connectivity index (χ1) is 19.3. The zero-order chi connectivity index (χ0) is 29.5. The number of benzene rings is 1. The summed E-state index contributed by atoms with van der Waals surface area (Å²) in [6.07, 6.45) is -2.54. The highest BCUT2D eigenvalue weighted by molar-refractivity contribution is 6.00. The summed E-state index contributed by atoms with van der Waals surface area (Å²) in [4.78, 5) is 39.2. The molecule has 0 bridgehead atoms. The fraction of sp³-hybridized carbons (Fsp3) is 0.571. The van der Waals surface area contributed by atoms with Crippen LogP contribution in [0.5, 0.6) is 0 Å². The Morgan fingerprint density at radius 3 is 2.44 bits per heavy atom. The van der Waals surface area contributed by atoms with Crippen molar-refractivity contribution in [2.75, 3.05) is 31.5 Å². The molecule has 0 atom stereocenters. The highest BCUT2D eigenvalue weighted by Crippen LogP contribution is 2.42. The standard InChI is InChI=1S/C28H35F3N6O4/c1-27(2)14-21-23(22(38)15-27)24(28(29,30)31)35-37(21)17-5-8-19(25(32)39)20(13-17)34-16-3-6-18(7-4-16)41-26(40)36-11-9-33-10-12-36/h5,8,13,16,18,33-34H,3-4,6-7,9-12,14-15H2,1-2H3,(H2,32,39)/t16-,18-. The number of nitrogens with one attached hydrogen (secondary N) is 2. The molecular formula is C28H35F3N6O4.